The van der Waals surface area contributed by atoms with E-state index in [1.54, 1.807) is 37.5 Å². The molecule has 1 fully saturated rings. The monoisotopic (exact) mass is 390 g/mol. The van der Waals surface area contributed by atoms with Gasteiger partial charge in [-0.25, -0.2) is 0 Å². The molecule has 2 amide bonds. The predicted octanol–water partition coefficient (Wildman–Crippen LogP) is 1.59. The molecule has 3 rings (SSSR count). The molecule has 0 radical (unpaired) electrons. The molecule has 0 bridgehead atoms. The first-order chi connectivity index (χ1) is 13.1. The summed E-state index contributed by atoms with van der Waals surface area (Å²) < 4.78 is 5.58. The maximum atomic E-state index is 12.5. The van der Waals surface area contributed by atoms with Crippen molar-refractivity contribution in [2.75, 3.05) is 19.6 Å². The van der Waals surface area contributed by atoms with Crippen LogP contribution in [-0.2, 0) is 4.79 Å². The number of hydrogen-bond acceptors (Lipinski definition) is 3. The number of rotatable bonds is 7. The van der Waals surface area contributed by atoms with Crippen LogP contribution in [-0.4, -0.2) is 37.5 Å². The molecule has 0 spiro atoms. The normalized spacial score (nSPS) is 16.7. The summed E-state index contributed by atoms with van der Waals surface area (Å²) in [7, 11) is 0. The Balaban J connectivity index is 1.57. The Hall–Kier alpha value is -2.31. The molecule has 144 valence electrons. The third-order valence-corrected chi connectivity index (χ3v) is 5.29. The highest BCUT2D eigenvalue weighted by Crippen LogP contribution is 2.15. The lowest BCUT2D eigenvalue weighted by molar-refractivity contribution is -0.919. The summed E-state index contributed by atoms with van der Waals surface area (Å²) in [5.74, 6) is 0.279. The van der Waals surface area contributed by atoms with Crippen molar-refractivity contribution < 1.29 is 18.9 Å². The molecule has 7 heteroatoms. The summed E-state index contributed by atoms with van der Waals surface area (Å²) in [6.45, 7) is 4.27. The second-order valence-corrected chi connectivity index (χ2v) is 7.26. The molecule has 2 aromatic rings. The van der Waals surface area contributed by atoms with Crippen LogP contribution in [0.15, 0.2) is 47.1 Å². The second kappa shape index (κ2) is 9.06. The van der Waals surface area contributed by atoms with Crippen molar-refractivity contribution in [1.82, 2.24) is 10.6 Å². The molecule has 1 aliphatic heterocycles. The first-order valence-corrected chi connectivity index (χ1v) is 9.65. The van der Waals surface area contributed by atoms with Crippen molar-refractivity contribution >= 4 is 23.4 Å². The van der Waals surface area contributed by atoms with E-state index < -0.39 is 6.04 Å². The van der Waals surface area contributed by atoms with Gasteiger partial charge in [0.15, 0.2) is 11.8 Å². The van der Waals surface area contributed by atoms with E-state index in [1.165, 1.54) is 17.7 Å². The number of carbonyl (C=O) groups excluding carboxylic acids is 2. The largest absolute Gasteiger partial charge is 0.463 e. The zero-order chi connectivity index (χ0) is 19.2. The molecule has 0 saturated carbocycles. The lowest BCUT2D eigenvalue weighted by atomic mass is 10.1. The van der Waals surface area contributed by atoms with Crippen molar-refractivity contribution in [2.24, 2.45) is 0 Å². The van der Waals surface area contributed by atoms with Crippen LogP contribution in [0.2, 0.25) is 5.02 Å². The Morgan fingerprint density at radius 2 is 1.93 bits per heavy atom. The highest BCUT2D eigenvalue weighted by Gasteiger charge is 2.30. The minimum Gasteiger partial charge on any atom is -0.463 e. The lowest BCUT2D eigenvalue weighted by Gasteiger charge is -2.24. The number of furan rings is 1. The van der Waals surface area contributed by atoms with Crippen LogP contribution >= 0.6 is 11.6 Å². The third-order valence-electron chi connectivity index (χ3n) is 4.96. The van der Waals surface area contributed by atoms with E-state index in [-0.39, 0.29) is 17.9 Å². The Kier molecular flexibility index (Phi) is 6.53. The highest BCUT2D eigenvalue weighted by atomic mass is 35.5. The fraction of sp³-hybridized carbons (Fsp3) is 0.400. The number of benzene rings is 1. The van der Waals surface area contributed by atoms with E-state index in [0.29, 0.717) is 17.1 Å². The maximum absolute atomic E-state index is 12.5. The molecule has 1 aromatic carbocycles. The highest BCUT2D eigenvalue weighted by molar-refractivity contribution is 6.33. The van der Waals surface area contributed by atoms with Gasteiger partial charge in [0, 0.05) is 12.8 Å². The van der Waals surface area contributed by atoms with Gasteiger partial charge < -0.3 is 20.0 Å². The fourth-order valence-electron chi connectivity index (χ4n) is 3.45. The Labute approximate surface area is 163 Å². The van der Waals surface area contributed by atoms with Crippen LogP contribution in [0.5, 0.6) is 0 Å². The van der Waals surface area contributed by atoms with E-state index >= 15 is 0 Å². The minimum absolute atomic E-state index is 0.0814. The molecule has 27 heavy (non-hydrogen) atoms. The van der Waals surface area contributed by atoms with Gasteiger partial charge in [-0.15, -0.1) is 0 Å². The summed E-state index contributed by atoms with van der Waals surface area (Å²) in [5, 5.41) is 6.01. The van der Waals surface area contributed by atoms with Crippen molar-refractivity contribution in [3.05, 3.63) is 59.0 Å². The van der Waals surface area contributed by atoms with Gasteiger partial charge in [0.05, 0.1) is 36.5 Å². The molecule has 2 atom stereocenters. The SMILES string of the molecule is C[C@H](NC(=O)c1ccccc1Cl)C(=O)NC[C@H](c1ccco1)[NH+]1CCCC1. The maximum Gasteiger partial charge on any atom is 0.253 e. The third kappa shape index (κ3) is 4.90. The Morgan fingerprint density at radius 1 is 1.19 bits per heavy atom. The summed E-state index contributed by atoms with van der Waals surface area (Å²) in [4.78, 5) is 26.2. The van der Waals surface area contributed by atoms with E-state index in [2.05, 4.69) is 10.6 Å². The number of hydrogen-bond donors (Lipinski definition) is 3. The molecule has 0 unspecified atom stereocenters. The number of amides is 2. The molecule has 1 aliphatic rings. The van der Waals surface area contributed by atoms with Crippen molar-refractivity contribution in [3.8, 4) is 0 Å². The van der Waals surface area contributed by atoms with Gasteiger partial charge in [-0.3, -0.25) is 9.59 Å². The Bertz CT molecular complexity index is 773. The summed E-state index contributed by atoms with van der Waals surface area (Å²) >= 11 is 6.04. The average molecular weight is 391 g/mol. The van der Waals surface area contributed by atoms with Crippen LogP contribution in [0, 0.1) is 0 Å². The number of likely N-dealkylation sites (tertiary alicyclic amines) is 1. The van der Waals surface area contributed by atoms with E-state index in [4.69, 9.17) is 16.0 Å². The quantitative estimate of drug-likeness (QED) is 0.672. The zero-order valence-electron chi connectivity index (χ0n) is 15.3. The summed E-state index contributed by atoms with van der Waals surface area (Å²) in [6.07, 6.45) is 4.03. The van der Waals surface area contributed by atoms with Crippen LogP contribution in [0.3, 0.4) is 0 Å². The van der Waals surface area contributed by atoms with Crippen molar-refractivity contribution in [3.63, 3.8) is 0 Å². The Morgan fingerprint density at radius 3 is 2.59 bits per heavy atom. The van der Waals surface area contributed by atoms with Crippen molar-refractivity contribution in [1.29, 1.82) is 0 Å². The molecule has 0 aliphatic carbocycles. The summed E-state index contributed by atoms with van der Waals surface area (Å²) in [5.41, 5.74) is 0.355. The predicted molar refractivity (Wildman–Crippen MR) is 103 cm³/mol. The van der Waals surface area contributed by atoms with Gasteiger partial charge in [-0.2, -0.15) is 0 Å². The number of halogens is 1. The van der Waals surface area contributed by atoms with E-state index in [0.717, 1.165) is 18.8 Å². The van der Waals surface area contributed by atoms with Crippen LogP contribution in [0.25, 0.3) is 0 Å². The standard InChI is InChI=1S/C20H24ClN3O3/c1-14(23-20(26)15-7-2-3-8-16(15)21)19(25)22-13-17(18-9-6-12-27-18)24-10-4-5-11-24/h2-3,6-9,12,14,17H,4-5,10-11,13H2,1H3,(H,22,25)(H,23,26)/p+1/t14-,17+/m0/s1. The van der Waals surface area contributed by atoms with Crippen molar-refractivity contribution in [2.45, 2.75) is 31.8 Å². The average Bonchev–Trinajstić information content (AvgIpc) is 3.36. The molecule has 6 nitrogen and oxygen atoms in total. The van der Waals surface area contributed by atoms with Crippen LogP contribution in [0.1, 0.15) is 41.9 Å². The van der Waals surface area contributed by atoms with Gasteiger partial charge in [0.25, 0.3) is 5.91 Å². The molecular formula is C20H25ClN3O3+. The van der Waals surface area contributed by atoms with Gasteiger partial charge >= 0.3 is 0 Å². The second-order valence-electron chi connectivity index (χ2n) is 6.85. The topological polar surface area (TPSA) is 75.8 Å². The first kappa shape index (κ1) is 19.5. The summed E-state index contributed by atoms with van der Waals surface area (Å²) in [6, 6.07) is 10.00. The molecule has 2 heterocycles. The zero-order valence-corrected chi connectivity index (χ0v) is 16.1. The number of nitrogens with one attached hydrogen (secondary N) is 3. The fourth-order valence-corrected chi connectivity index (χ4v) is 3.68. The molecule has 1 saturated heterocycles. The van der Waals surface area contributed by atoms with Gasteiger partial charge in [0.2, 0.25) is 5.91 Å². The first-order valence-electron chi connectivity index (χ1n) is 9.27. The smallest absolute Gasteiger partial charge is 0.253 e. The molecular weight excluding hydrogens is 366 g/mol. The van der Waals surface area contributed by atoms with Gasteiger partial charge in [-0.05, 0) is 31.2 Å². The molecule has 3 N–H and O–H groups in total. The van der Waals surface area contributed by atoms with Crippen LogP contribution in [0.4, 0.5) is 0 Å². The van der Waals surface area contributed by atoms with E-state index in [9.17, 15) is 9.59 Å². The lowest BCUT2D eigenvalue weighted by Crippen LogP contribution is -3.11. The van der Waals surface area contributed by atoms with E-state index in [1.807, 2.05) is 12.1 Å². The minimum atomic E-state index is -0.667. The molecule has 1 aromatic heterocycles. The van der Waals surface area contributed by atoms with Gasteiger partial charge in [-0.1, -0.05) is 23.7 Å². The number of carbonyl (C=O) groups is 2. The van der Waals surface area contributed by atoms with Gasteiger partial charge in [0.1, 0.15) is 6.04 Å². The number of quaternary nitrogens is 1. The van der Waals surface area contributed by atoms with Crippen LogP contribution < -0.4 is 15.5 Å².